The number of ether oxygens (including phenoxy) is 1. The van der Waals surface area contributed by atoms with E-state index in [1.165, 1.54) is 11.3 Å². The molecule has 0 aliphatic rings. The number of nitrogens with zero attached hydrogens (tertiary/aromatic N) is 4. The first-order chi connectivity index (χ1) is 13.6. The van der Waals surface area contributed by atoms with Gasteiger partial charge in [0, 0.05) is 16.8 Å². The van der Waals surface area contributed by atoms with Gasteiger partial charge in [-0.15, -0.1) is 10.2 Å². The molecule has 0 spiro atoms. The van der Waals surface area contributed by atoms with Gasteiger partial charge in [0.15, 0.2) is 5.11 Å². The van der Waals surface area contributed by atoms with Crippen LogP contribution in [0.5, 0.6) is 5.75 Å². The molecule has 10 heteroatoms. The average Bonchev–Trinajstić information content (AvgIpc) is 3.30. The van der Waals surface area contributed by atoms with Gasteiger partial charge in [0.2, 0.25) is 4.96 Å². The summed E-state index contributed by atoms with van der Waals surface area (Å²) in [7, 11) is 1.55. The molecule has 2 N–H and O–H groups in total. The fourth-order valence-electron chi connectivity index (χ4n) is 2.51. The molecule has 140 valence electrons. The zero-order chi connectivity index (χ0) is 19.5. The predicted molar refractivity (Wildman–Crippen MR) is 111 cm³/mol. The van der Waals surface area contributed by atoms with E-state index in [-0.39, 0.29) is 11.0 Å². The van der Waals surface area contributed by atoms with Gasteiger partial charge in [-0.3, -0.25) is 10.1 Å². The second-order valence-corrected chi connectivity index (χ2v) is 7.05. The Morgan fingerprint density at radius 1 is 1.21 bits per heavy atom. The highest BCUT2D eigenvalue weighted by Crippen LogP contribution is 2.26. The molecule has 2 heterocycles. The Hall–Kier alpha value is -3.37. The Morgan fingerprint density at radius 3 is 2.89 bits per heavy atom. The molecular formula is C18H14N6O2S2. The molecule has 0 saturated heterocycles. The molecular weight excluding hydrogens is 396 g/mol. The van der Waals surface area contributed by atoms with Crippen LogP contribution in [0.1, 0.15) is 10.4 Å². The van der Waals surface area contributed by atoms with Gasteiger partial charge in [-0.2, -0.15) is 9.61 Å². The summed E-state index contributed by atoms with van der Waals surface area (Å²) >= 11 is 6.69. The van der Waals surface area contributed by atoms with E-state index in [1.807, 2.05) is 24.3 Å². The first-order valence-corrected chi connectivity index (χ1v) is 9.38. The lowest BCUT2D eigenvalue weighted by atomic mass is 10.2. The zero-order valence-corrected chi connectivity index (χ0v) is 16.3. The lowest BCUT2D eigenvalue weighted by Gasteiger charge is -2.11. The highest BCUT2D eigenvalue weighted by atomic mass is 32.1. The fraction of sp³-hybridized carbons (Fsp3) is 0.0556. The van der Waals surface area contributed by atoms with E-state index < -0.39 is 0 Å². The van der Waals surface area contributed by atoms with E-state index in [0.717, 1.165) is 21.2 Å². The number of methoxy groups -OCH3 is 1. The molecule has 0 atom stereocenters. The van der Waals surface area contributed by atoms with Gasteiger partial charge in [0.25, 0.3) is 5.91 Å². The second kappa shape index (κ2) is 7.71. The van der Waals surface area contributed by atoms with E-state index in [2.05, 4.69) is 25.9 Å². The number of aromatic nitrogens is 4. The number of hydrogen-bond donors (Lipinski definition) is 2. The lowest BCUT2D eigenvalue weighted by Crippen LogP contribution is -2.34. The Bertz CT molecular complexity index is 1140. The van der Waals surface area contributed by atoms with Crippen LogP contribution in [0.3, 0.4) is 0 Å². The van der Waals surface area contributed by atoms with Crippen LogP contribution in [0.25, 0.3) is 15.5 Å². The summed E-state index contributed by atoms with van der Waals surface area (Å²) in [6, 6.07) is 14.4. The maximum absolute atomic E-state index is 12.4. The minimum atomic E-state index is -0.318. The summed E-state index contributed by atoms with van der Waals surface area (Å²) in [5.74, 6) is 0.283. The van der Waals surface area contributed by atoms with Crippen LogP contribution < -0.4 is 15.4 Å². The summed E-state index contributed by atoms with van der Waals surface area (Å²) in [6.45, 7) is 0. The third-order valence-corrected chi connectivity index (χ3v) is 4.98. The molecule has 8 nitrogen and oxygen atoms in total. The molecule has 0 radical (unpaired) electrons. The van der Waals surface area contributed by atoms with Gasteiger partial charge >= 0.3 is 0 Å². The highest BCUT2D eigenvalue weighted by Gasteiger charge is 2.11. The van der Waals surface area contributed by atoms with Crippen LogP contribution in [0.15, 0.2) is 54.9 Å². The Morgan fingerprint density at radius 2 is 2.07 bits per heavy atom. The van der Waals surface area contributed by atoms with E-state index in [4.69, 9.17) is 17.0 Å². The molecule has 0 bridgehead atoms. The Kier molecular flexibility index (Phi) is 4.96. The van der Waals surface area contributed by atoms with Crippen molar-refractivity contribution in [1.82, 2.24) is 25.1 Å². The van der Waals surface area contributed by atoms with Gasteiger partial charge in [-0.1, -0.05) is 29.5 Å². The smallest absolute Gasteiger partial charge is 0.257 e. The van der Waals surface area contributed by atoms with Crippen molar-refractivity contribution >= 4 is 45.2 Å². The number of benzene rings is 2. The number of carbonyl (C=O) groups is 1. The van der Waals surface area contributed by atoms with Gasteiger partial charge in [0.1, 0.15) is 17.1 Å². The average molecular weight is 410 g/mol. The minimum Gasteiger partial charge on any atom is -0.497 e. The van der Waals surface area contributed by atoms with Gasteiger partial charge in [0.05, 0.1) is 7.11 Å². The topological polar surface area (TPSA) is 93.4 Å². The second-order valence-electron chi connectivity index (χ2n) is 5.69. The van der Waals surface area contributed by atoms with Crippen molar-refractivity contribution in [3.05, 3.63) is 60.4 Å². The number of hydrogen-bond acceptors (Lipinski definition) is 7. The summed E-state index contributed by atoms with van der Waals surface area (Å²) in [5.41, 5.74) is 2.10. The van der Waals surface area contributed by atoms with Crippen molar-refractivity contribution in [3.8, 4) is 16.3 Å². The number of carbonyl (C=O) groups excluding carboxylic acids is 1. The number of thiocarbonyl (C=S) groups is 1. The van der Waals surface area contributed by atoms with Gasteiger partial charge in [-0.25, -0.2) is 0 Å². The molecule has 2 aromatic heterocycles. The van der Waals surface area contributed by atoms with Gasteiger partial charge < -0.3 is 10.1 Å². The first-order valence-electron chi connectivity index (χ1n) is 8.16. The molecule has 4 aromatic rings. The van der Waals surface area contributed by atoms with Crippen molar-refractivity contribution in [3.63, 3.8) is 0 Å². The molecule has 28 heavy (non-hydrogen) atoms. The summed E-state index contributed by atoms with van der Waals surface area (Å²) < 4.78 is 6.76. The summed E-state index contributed by atoms with van der Waals surface area (Å²) in [6.07, 6.45) is 1.56. The van der Waals surface area contributed by atoms with Crippen LogP contribution >= 0.6 is 23.6 Å². The predicted octanol–water partition coefficient (Wildman–Crippen LogP) is 2.99. The van der Waals surface area contributed by atoms with Crippen LogP contribution in [-0.4, -0.2) is 37.9 Å². The number of amides is 1. The third kappa shape index (κ3) is 3.82. The monoisotopic (exact) mass is 410 g/mol. The van der Waals surface area contributed by atoms with Crippen molar-refractivity contribution < 1.29 is 9.53 Å². The normalized spacial score (nSPS) is 10.6. The van der Waals surface area contributed by atoms with Crippen LogP contribution in [-0.2, 0) is 0 Å². The standard InChI is InChI=1S/C18H14N6O2S2/c1-26-14-7-3-4-11(9-14)15(25)21-17(27)20-13-6-2-5-12(8-13)16-23-24-10-19-22-18(24)28-16/h2-10H,1H3,(H2,20,21,25,27). The summed E-state index contributed by atoms with van der Waals surface area (Å²) in [4.78, 5) is 13.1. The minimum absolute atomic E-state index is 0.197. The summed E-state index contributed by atoms with van der Waals surface area (Å²) in [5, 5.41) is 18.9. The number of rotatable bonds is 4. The molecule has 2 aromatic carbocycles. The van der Waals surface area contributed by atoms with E-state index in [0.29, 0.717) is 11.3 Å². The SMILES string of the molecule is COc1cccc(C(=O)NC(=S)Nc2cccc(-c3nn4cnnc4s3)c2)c1. The van der Waals surface area contributed by atoms with Crippen molar-refractivity contribution in [2.24, 2.45) is 0 Å². The maximum Gasteiger partial charge on any atom is 0.257 e. The van der Waals surface area contributed by atoms with E-state index in [1.54, 1.807) is 42.2 Å². The molecule has 0 saturated carbocycles. The molecule has 0 fully saturated rings. The lowest BCUT2D eigenvalue weighted by molar-refractivity contribution is 0.0977. The fourth-order valence-corrected chi connectivity index (χ4v) is 3.53. The van der Waals surface area contributed by atoms with E-state index >= 15 is 0 Å². The Balaban J connectivity index is 1.45. The number of anilines is 1. The van der Waals surface area contributed by atoms with Gasteiger partial charge in [-0.05, 0) is 42.5 Å². The van der Waals surface area contributed by atoms with Crippen molar-refractivity contribution in [1.29, 1.82) is 0 Å². The van der Waals surface area contributed by atoms with E-state index in [9.17, 15) is 4.79 Å². The molecule has 0 unspecified atom stereocenters. The molecule has 0 aliphatic carbocycles. The Labute approximate surface area is 169 Å². The van der Waals surface area contributed by atoms with Crippen LogP contribution in [0.2, 0.25) is 0 Å². The molecule has 4 rings (SSSR count). The molecule has 1 amide bonds. The third-order valence-electron chi connectivity index (χ3n) is 3.81. The maximum atomic E-state index is 12.4. The quantitative estimate of drug-likeness (QED) is 0.500. The largest absolute Gasteiger partial charge is 0.497 e. The highest BCUT2D eigenvalue weighted by molar-refractivity contribution is 7.80. The van der Waals surface area contributed by atoms with Crippen LogP contribution in [0.4, 0.5) is 5.69 Å². The van der Waals surface area contributed by atoms with Crippen molar-refractivity contribution in [2.75, 3.05) is 12.4 Å². The number of nitrogens with one attached hydrogen (secondary N) is 2. The molecule has 0 aliphatic heterocycles. The van der Waals surface area contributed by atoms with Crippen molar-refractivity contribution in [2.45, 2.75) is 0 Å². The van der Waals surface area contributed by atoms with Crippen LogP contribution in [0, 0.1) is 0 Å². The first kappa shape index (κ1) is 18.0. The zero-order valence-electron chi connectivity index (χ0n) is 14.6. The number of fused-ring (bicyclic) bond motifs is 1.